The molecule has 0 unspecified atom stereocenters. The predicted molar refractivity (Wildman–Crippen MR) is 145 cm³/mol. The standard InChI is InChI=1S/C31H54O3/c1-4-5-6-7-8-9-10-11-12-13-14-15-16-17-18-19-26-34-30(33)25-22-28-20-23-29(24-21-28)31(2,3)27-32/h20-21,23-24,32H,4-19,22,25-27H2,1-3H3. The molecule has 1 aromatic carbocycles. The molecule has 0 saturated heterocycles. The van der Waals surface area contributed by atoms with Crippen LogP contribution in [-0.2, 0) is 21.4 Å². The Balaban J connectivity index is 1.88. The molecule has 0 aliphatic rings. The van der Waals surface area contributed by atoms with Crippen LogP contribution in [0.3, 0.4) is 0 Å². The quantitative estimate of drug-likeness (QED) is 0.135. The van der Waals surface area contributed by atoms with E-state index in [4.69, 9.17) is 4.74 Å². The highest BCUT2D eigenvalue weighted by molar-refractivity contribution is 5.69. The van der Waals surface area contributed by atoms with E-state index in [1.807, 2.05) is 26.0 Å². The maximum Gasteiger partial charge on any atom is 0.306 e. The predicted octanol–water partition coefficient (Wildman–Crippen LogP) is 8.69. The van der Waals surface area contributed by atoms with E-state index in [0.29, 0.717) is 19.4 Å². The topological polar surface area (TPSA) is 46.5 Å². The molecule has 0 heterocycles. The van der Waals surface area contributed by atoms with Crippen LogP contribution < -0.4 is 0 Å². The van der Waals surface area contributed by atoms with Gasteiger partial charge in [-0.05, 0) is 24.0 Å². The van der Waals surface area contributed by atoms with E-state index >= 15 is 0 Å². The number of unbranched alkanes of at least 4 members (excludes halogenated alkanes) is 15. The first-order valence-corrected chi connectivity index (χ1v) is 14.4. The fourth-order valence-corrected chi connectivity index (χ4v) is 4.37. The highest BCUT2D eigenvalue weighted by Gasteiger charge is 2.18. The van der Waals surface area contributed by atoms with E-state index in [9.17, 15) is 9.90 Å². The Morgan fingerprint density at radius 2 is 1.18 bits per heavy atom. The summed E-state index contributed by atoms with van der Waals surface area (Å²) in [5.74, 6) is -0.0966. The van der Waals surface area contributed by atoms with Gasteiger partial charge in [0.05, 0.1) is 13.2 Å². The highest BCUT2D eigenvalue weighted by atomic mass is 16.5. The second kappa shape index (κ2) is 19.9. The fraction of sp³-hybridized carbons (Fsp3) is 0.774. The van der Waals surface area contributed by atoms with Crippen molar-refractivity contribution in [2.24, 2.45) is 0 Å². The number of carbonyl (C=O) groups is 1. The van der Waals surface area contributed by atoms with E-state index < -0.39 is 0 Å². The number of benzene rings is 1. The van der Waals surface area contributed by atoms with Gasteiger partial charge in [0.2, 0.25) is 0 Å². The van der Waals surface area contributed by atoms with Gasteiger partial charge in [0, 0.05) is 11.8 Å². The van der Waals surface area contributed by atoms with Gasteiger partial charge < -0.3 is 9.84 Å². The third-order valence-corrected chi connectivity index (χ3v) is 7.01. The maximum atomic E-state index is 12.0. The molecule has 0 radical (unpaired) electrons. The van der Waals surface area contributed by atoms with Gasteiger partial charge in [0.25, 0.3) is 0 Å². The summed E-state index contributed by atoms with van der Waals surface area (Å²) in [4.78, 5) is 12.0. The summed E-state index contributed by atoms with van der Waals surface area (Å²) in [6.07, 6.45) is 22.7. The van der Waals surface area contributed by atoms with Gasteiger partial charge in [0.1, 0.15) is 0 Å². The number of hydrogen-bond acceptors (Lipinski definition) is 3. The molecule has 1 N–H and O–H groups in total. The molecule has 0 spiro atoms. The summed E-state index contributed by atoms with van der Waals surface area (Å²) in [5, 5.41) is 9.47. The van der Waals surface area contributed by atoms with Gasteiger partial charge >= 0.3 is 5.97 Å². The third-order valence-electron chi connectivity index (χ3n) is 7.01. The van der Waals surface area contributed by atoms with Crippen LogP contribution in [0.4, 0.5) is 0 Å². The van der Waals surface area contributed by atoms with Crippen molar-refractivity contribution in [1.29, 1.82) is 0 Å². The van der Waals surface area contributed by atoms with Crippen LogP contribution in [0.2, 0.25) is 0 Å². The van der Waals surface area contributed by atoms with Crippen molar-refractivity contribution in [3.8, 4) is 0 Å². The van der Waals surface area contributed by atoms with Gasteiger partial charge in [-0.3, -0.25) is 4.79 Å². The molecule has 0 fully saturated rings. The number of hydrogen-bond donors (Lipinski definition) is 1. The molecule has 0 saturated carbocycles. The number of esters is 1. The number of aliphatic hydroxyl groups is 1. The summed E-state index contributed by atoms with van der Waals surface area (Å²) >= 11 is 0. The number of carbonyl (C=O) groups excluding carboxylic acids is 1. The Hall–Kier alpha value is -1.35. The van der Waals surface area contributed by atoms with Crippen molar-refractivity contribution in [2.45, 2.75) is 142 Å². The number of ether oxygens (including phenoxy) is 1. The third kappa shape index (κ3) is 15.5. The molecule has 0 aliphatic heterocycles. The highest BCUT2D eigenvalue weighted by Crippen LogP contribution is 2.23. The monoisotopic (exact) mass is 474 g/mol. The molecule has 1 aromatic rings. The van der Waals surface area contributed by atoms with Crippen LogP contribution >= 0.6 is 0 Å². The van der Waals surface area contributed by atoms with E-state index in [-0.39, 0.29) is 18.0 Å². The summed E-state index contributed by atoms with van der Waals surface area (Å²) in [6, 6.07) is 8.20. The zero-order chi connectivity index (χ0) is 24.9. The number of rotatable bonds is 22. The largest absolute Gasteiger partial charge is 0.466 e. The lowest BCUT2D eigenvalue weighted by atomic mass is 9.85. The first-order valence-electron chi connectivity index (χ1n) is 14.4. The Morgan fingerprint density at radius 1 is 0.735 bits per heavy atom. The molecule has 1 rings (SSSR count). The second-order valence-electron chi connectivity index (χ2n) is 10.8. The van der Waals surface area contributed by atoms with Crippen LogP contribution in [-0.4, -0.2) is 24.3 Å². The SMILES string of the molecule is CCCCCCCCCCCCCCCCCCOC(=O)CCc1ccc(C(C)(C)CO)cc1. The van der Waals surface area contributed by atoms with Gasteiger partial charge in [-0.2, -0.15) is 0 Å². The zero-order valence-electron chi connectivity index (χ0n) is 22.7. The van der Waals surface area contributed by atoms with Crippen molar-refractivity contribution >= 4 is 5.97 Å². The minimum atomic E-state index is -0.232. The van der Waals surface area contributed by atoms with Crippen LogP contribution in [0.5, 0.6) is 0 Å². The van der Waals surface area contributed by atoms with E-state index in [2.05, 4.69) is 19.1 Å². The minimum Gasteiger partial charge on any atom is -0.466 e. The lowest BCUT2D eigenvalue weighted by molar-refractivity contribution is -0.143. The van der Waals surface area contributed by atoms with Gasteiger partial charge in [-0.1, -0.05) is 141 Å². The molecule has 0 atom stereocenters. The molecular weight excluding hydrogens is 420 g/mol. The first kappa shape index (κ1) is 30.7. The Morgan fingerprint density at radius 3 is 1.62 bits per heavy atom. The molecule has 0 amide bonds. The van der Waals surface area contributed by atoms with Crippen LogP contribution in [0.15, 0.2) is 24.3 Å². The normalized spacial score (nSPS) is 11.6. The molecular formula is C31H54O3. The molecule has 196 valence electrons. The lowest BCUT2D eigenvalue weighted by Gasteiger charge is -2.22. The summed E-state index contributed by atoms with van der Waals surface area (Å²) < 4.78 is 5.41. The zero-order valence-corrected chi connectivity index (χ0v) is 22.7. The second-order valence-corrected chi connectivity index (χ2v) is 10.8. The maximum absolute atomic E-state index is 12.0. The summed E-state index contributed by atoms with van der Waals surface area (Å²) in [5.41, 5.74) is 2.02. The summed E-state index contributed by atoms with van der Waals surface area (Å²) in [7, 11) is 0. The lowest BCUT2D eigenvalue weighted by Crippen LogP contribution is -2.21. The average Bonchev–Trinajstić information content (AvgIpc) is 2.85. The van der Waals surface area contributed by atoms with Gasteiger partial charge in [-0.25, -0.2) is 0 Å². The number of aryl methyl sites for hydroxylation is 1. The summed E-state index contributed by atoms with van der Waals surface area (Å²) in [6.45, 7) is 7.01. The van der Waals surface area contributed by atoms with Gasteiger partial charge in [0.15, 0.2) is 0 Å². The van der Waals surface area contributed by atoms with Crippen molar-refractivity contribution in [1.82, 2.24) is 0 Å². The molecule has 0 aliphatic carbocycles. The van der Waals surface area contributed by atoms with Crippen molar-refractivity contribution in [3.63, 3.8) is 0 Å². The Bertz CT molecular complexity index is 606. The molecule has 0 aromatic heterocycles. The van der Waals surface area contributed by atoms with Crippen LogP contribution in [0.1, 0.15) is 141 Å². The van der Waals surface area contributed by atoms with E-state index in [0.717, 1.165) is 24.0 Å². The van der Waals surface area contributed by atoms with Crippen molar-refractivity contribution in [2.75, 3.05) is 13.2 Å². The van der Waals surface area contributed by atoms with E-state index in [1.54, 1.807) is 0 Å². The molecule has 34 heavy (non-hydrogen) atoms. The number of aliphatic hydroxyl groups excluding tert-OH is 1. The smallest absolute Gasteiger partial charge is 0.306 e. The molecule has 3 nitrogen and oxygen atoms in total. The average molecular weight is 475 g/mol. The molecule has 0 bridgehead atoms. The molecule has 3 heteroatoms. The first-order chi connectivity index (χ1) is 16.5. The van der Waals surface area contributed by atoms with Crippen molar-refractivity contribution in [3.05, 3.63) is 35.4 Å². The van der Waals surface area contributed by atoms with Crippen LogP contribution in [0.25, 0.3) is 0 Å². The van der Waals surface area contributed by atoms with E-state index in [1.165, 1.54) is 89.9 Å². The van der Waals surface area contributed by atoms with Crippen LogP contribution in [0, 0.1) is 0 Å². The van der Waals surface area contributed by atoms with Gasteiger partial charge in [-0.15, -0.1) is 0 Å². The Labute approximate surface area is 211 Å². The fourth-order valence-electron chi connectivity index (χ4n) is 4.37. The van der Waals surface area contributed by atoms with Crippen molar-refractivity contribution < 1.29 is 14.6 Å². The minimum absolute atomic E-state index is 0.0966. The Kier molecular flexibility index (Phi) is 18.0.